The Kier molecular flexibility index (Phi) is 3.98. The van der Waals surface area contributed by atoms with Gasteiger partial charge in [-0.25, -0.2) is 0 Å². The van der Waals surface area contributed by atoms with Gasteiger partial charge in [0.1, 0.15) is 5.75 Å². The van der Waals surface area contributed by atoms with Crippen LogP contribution in [0.5, 0.6) is 5.75 Å². The lowest BCUT2D eigenvalue weighted by Crippen LogP contribution is -2.28. The van der Waals surface area contributed by atoms with E-state index in [1.807, 2.05) is 0 Å². The molecule has 4 nitrogen and oxygen atoms in total. The SMILES string of the molecule is CC1CCC(Oc2ccc(N)c(C(N)=O)c2)CC1C. The molecular formula is C15H22N2O2. The highest BCUT2D eigenvalue weighted by Crippen LogP contribution is 2.32. The molecule has 1 saturated carbocycles. The fraction of sp³-hybridized carbons (Fsp3) is 0.533. The molecule has 0 aliphatic heterocycles. The number of carbonyl (C=O) groups is 1. The topological polar surface area (TPSA) is 78.3 Å². The molecule has 0 radical (unpaired) electrons. The molecule has 1 aromatic carbocycles. The van der Waals surface area contributed by atoms with Gasteiger partial charge in [0.2, 0.25) is 0 Å². The minimum atomic E-state index is -0.520. The maximum atomic E-state index is 11.2. The monoisotopic (exact) mass is 262 g/mol. The smallest absolute Gasteiger partial charge is 0.250 e. The lowest BCUT2D eigenvalue weighted by molar-refractivity contribution is 0.0979. The fourth-order valence-corrected chi connectivity index (χ4v) is 2.62. The van der Waals surface area contributed by atoms with Gasteiger partial charge < -0.3 is 16.2 Å². The van der Waals surface area contributed by atoms with Crippen LogP contribution in [0.2, 0.25) is 0 Å². The van der Waals surface area contributed by atoms with E-state index in [4.69, 9.17) is 16.2 Å². The fourth-order valence-electron chi connectivity index (χ4n) is 2.62. The van der Waals surface area contributed by atoms with E-state index in [2.05, 4.69) is 13.8 Å². The van der Waals surface area contributed by atoms with Crippen LogP contribution in [0.1, 0.15) is 43.5 Å². The number of hydrogen-bond acceptors (Lipinski definition) is 3. The van der Waals surface area contributed by atoms with E-state index in [0.717, 1.165) is 18.8 Å². The second kappa shape index (κ2) is 5.51. The van der Waals surface area contributed by atoms with Gasteiger partial charge >= 0.3 is 0 Å². The maximum absolute atomic E-state index is 11.2. The van der Waals surface area contributed by atoms with E-state index >= 15 is 0 Å². The largest absolute Gasteiger partial charge is 0.490 e. The number of benzene rings is 1. The van der Waals surface area contributed by atoms with E-state index in [9.17, 15) is 4.79 Å². The summed E-state index contributed by atoms with van der Waals surface area (Å²) in [6, 6.07) is 5.11. The van der Waals surface area contributed by atoms with Crippen molar-refractivity contribution in [2.24, 2.45) is 17.6 Å². The Morgan fingerprint density at radius 3 is 2.63 bits per heavy atom. The average Bonchev–Trinajstić information content (AvgIpc) is 2.36. The first-order valence-corrected chi connectivity index (χ1v) is 6.83. The van der Waals surface area contributed by atoms with Crippen molar-refractivity contribution in [3.63, 3.8) is 0 Å². The molecule has 19 heavy (non-hydrogen) atoms. The number of rotatable bonds is 3. The molecule has 0 heterocycles. The second-order valence-corrected chi connectivity index (χ2v) is 5.62. The predicted octanol–water partition coefficient (Wildman–Crippen LogP) is 2.57. The molecule has 0 saturated heterocycles. The lowest BCUT2D eigenvalue weighted by atomic mass is 9.80. The Morgan fingerprint density at radius 2 is 2.00 bits per heavy atom. The first-order chi connectivity index (χ1) is 8.97. The van der Waals surface area contributed by atoms with E-state index in [1.165, 1.54) is 6.42 Å². The molecule has 0 aromatic heterocycles. The highest BCUT2D eigenvalue weighted by atomic mass is 16.5. The number of ether oxygens (including phenoxy) is 1. The molecule has 4 heteroatoms. The van der Waals surface area contributed by atoms with Crippen LogP contribution < -0.4 is 16.2 Å². The van der Waals surface area contributed by atoms with Crippen molar-refractivity contribution in [2.45, 2.75) is 39.2 Å². The van der Waals surface area contributed by atoms with Crippen molar-refractivity contribution in [2.75, 3.05) is 5.73 Å². The first-order valence-electron chi connectivity index (χ1n) is 6.83. The van der Waals surface area contributed by atoms with E-state index < -0.39 is 5.91 Å². The number of nitrogen functional groups attached to an aromatic ring is 1. The van der Waals surface area contributed by atoms with Crippen molar-refractivity contribution >= 4 is 11.6 Å². The quantitative estimate of drug-likeness (QED) is 0.822. The third-order valence-corrected chi connectivity index (χ3v) is 4.14. The summed E-state index contributed by atoms with van der Waals surface area (Å²) >= 11 is 0. The lowest BCUT2D eigenvalue weighted by Gasteiger charge is -2.32. The molecule has 2 rings (SSSR count). The van der Waals surface area contributed by atoms with Crippen molar-refractivity contribution in [1.29, 1.82) is 0 Å². The van der Waals surface area contributed by atoms with Gasteiger partial charge in [-0.1, -0.05) is 13.8 Å². The zero-order valence-corrected chi connectivity index (χ0v) is 11.6. The summed E-state index contributed by atoms with van der Waals surface area (Å²) < 4.78 is 5.96. The number of primary amides is 1. The molecule has 0 bridgehead atoms. The predicted molar refractivity (Wildman–Crippen MR) is 76.0 cm³/mol. The summed E-state index contributed by atoms with van der Waals surface area (Å²) in [4.78, 5) is 11.2. The van der Waals surface area contributed by atoms with E-state index in [1.54, 1.807) is 18.2 Å². The molecule has 3 unspecified atom stereocenters. The van der Waals surface area contributed by atoms with E-state index in [0.29, 0.717) is 22.9 Å². The highest BCUT2D eigenvalue weighted by molar-refractivity contribution is 5.98. The zero-order valence-electron chi connectivity index (χ0n) is 11.6. The van der Waals surface area contributed by atoms with Gasteiger partial charge in [-0.15, -0.1) is 0 Å². The molecule has 104 valence electrons. The molecule has 1 aromatic rings. The molecule has 3 atom stereocenters. The Morgan fingerprint density at radius 1 is 1.26 bits per heavy atom. The zero-order chi connectivity index (χ0) is 14.0. The van der Waals surface area contributed by atoms with Crippen molar-refractivity contribution < 1.29 is 9.53 Å². The number of amides is 1. The molecule has 4 N–H and O–H groups in total. The minimum absolute atomic E-state index is 0.218. The second-order valence-electron chi connectivity index (χ2n) is 5.62. The van der Waals surface area contributed by atoms with Crippen molar-refractivity contribution in [1.82, 2.24) is 0 Å². The summed E-state index contributed by atoms with van der Waals surface area (Å²) in [5, 5.41) is 0. The van der Waals surface area contributed by atoms with Crippen molar-refractivity contribution in [3.05, 3.63) is 23.8 Å². The van der Waals surface area contributed by atoms with Crippen LogP contribution in [0.3, 0.4) is 0 Å². The Labute approximate surface area is 114 Å². The summed E-state index contributed by atoms with van der Waals surface area (Å²) in [7, 11) is 0. The Bertz CT molecular complexity index is 473. The van der Waals surface area contributed by atoms with Gasteiger partial charge in [0.25, 0.3) is 5.91 Å². The van der Waals surface area contributed by atoms with Gasteiger partial charge in [-0.2, -0.15) is 0 Å². The van der Waals surface area contributed by atoms with Gasteiger partial charge in [0.05, 0.1) is 11.7 Å². The molecular weight excluding hydrogens is 240 g/mol. The van der Waals surface area contributed by atoms with Crippen LogP contribution >= 0.6 is 0 Å². The van der Waals surface area contributed by atoms with Crippen LogP contribution in [0.4, 0.5) is 5.69 Å². The highest BCUT2D eigenvalue weighted by Gasteiger charge is 2.25. The van der Waals surface area contributed by atoms with Gasteiger partial charge in [-0.05, 0) is 49.3 Å². The first kappa shape index (κ1) is 13.7. The third kappa shape index (κ3) is 3.19. The van der Waals surface area contributed by atoms with Crippen LogP contribution in [0.25, 0.3) is 0 Å². The maximum Gasteiger partial charge on any atom is 0.250 e. The normalized spacial score (nSPS) is 26.9. The third-order valence-electron chi connectivity index (χ3n) is 4.14. The summed E-state index contributed by atoms with van der Waals surface area (Å²) in [5.41, 5.74) is 11.7. The van der Waals surface area contributed by atoms with Crippen LogP contribution in [-0.2, 0) is 0 Å². The van der Waals surface area contributed by atoms with Crippen LogP contribution in [0.15, 0.2) is 18.2 Å². The molecule has 1 aliphatic rings. The standard InChI is InChI=1S/C15H22N2O2/c1-9-3-4-11(7-10(9)2)19-12-5-6-14(16)13(8-12)15(17)18/h5-6,8-11H,3-4,7,16H2,1-2H3,(H2,17,18). The Balaban J connectivity index is 2.07. The summed E-state index contributed by atoms with van der Waals surface area (Å²) in [6.45, 7) is 4.55. The number of hydrogen-bond donors (Lipinski definition) is 2. The van der Waals surface area contributed by atoms with Gasteiger partial charge in [0, 0.05) is 5.69 Å². The minimum Gasteiger partial charge on any atom is -0.490 e. The number of anilines is 1. The molecule has 1 amide bonds. The van der Waals surface area contributed by atoms with Gasteiger partial charge in [0.15, 0.2) is 0 Å². The number of nitrogens with two attached hydrogens (primary N) is 2. The van der Waals surface area contributed by atoms with Crippen molar-refractivity contribution in [3.8, 4) is 5.75 Å². The molecule has 0 spiro atoms. The summed E-state index contributed by atoms with van der Waals surface area (Å²) in [6.07, 6.45) is 3.51. The van der Waals surface area contributed by atoms with E-state index in [-0.39, 0.29) is 6.10 Å². The average molecular weight is 262 g/mol. The van der Waals surface area contributed by atoms with Crippen LogP contribution in [0, 0.1) is 11.8 Å². The van der Waals surface area contributed by atoms with Gasteiger partial charge in [-0.3, -0.25) is 4.79 Å². The summed E-state index contributed by atoms with van der Waals surface area (Å²) in [5.74, 6) is 1.58. The number of carbonyl (C=O) groups excluding carboxylic acids is 1. The molecule has 1 aliphatic carbocycles. The Hall–Kier alpha value is -1.71. The van der Waals surface area contributed by atoms with Crippen LogP contribution in [-0.4, -0.2) is 12.0 Å². The molecule has 1 fully saturated rings.